The van der Waals surface area contributed by atoms with Crippen molar-refractivity contribution in [1.82, 2.24) is 20.1 Å². The van der Waals surface area contributed by atoms with Crippen LogP contribution in [0.15, 0.2) is 48.8 Å². The molecule has 3 heterocycles. The number of nitrogens with zero attached hydrogens (tertiary/aromatic N) is 5. The Balaban J connectivity index is 1.69. The summed E-state index contributed by atoms with van der Waals surface area (Å²) in [5.74, 6) is -0.764. The number of nitrogens with one attached hydrogen (secondary N) is 1. The molecule has 208 valence electrons. The molecule has 0 aliphatic carbocycles. The minimum atomic E-state index is -1.02. The Bertz CT molecular complexity index is 1160. The van der Waals surface area contributed by atoms with Gasteiger partial charge in [0.15, 0.2) is 6.19 Å². The number of likely N-dealkylation sites (tertiary alicyclic amines) is 1. The lowest BCUT2D eigenvalue weighted by atomic mass is 9.87. The van der Waals surface area contributed by atoms with Crippen molar-refractivity contribution < 1.29 is 19.4 Å². The number of rotatable bonds is 8. The van der Waals surface area contributed by atoms with E-state index in [4.69, 9.17) is 4.74 Å². The van der Waals surface area contributed by atoms with Crippen LogP contribution in [0.1, 0.15) is 44.4 Å². The molecule has 2 aromatic rings. The van der Waals surface area contributed by atoms with Gasteiger partial charge in [-0.15, -0.1) is 0 Å². The molecule has 10 nitrogen and oxygen atoms in total. The number of amides is 2. The Morgan fingerprint density at radius 3 is 2.56 bits per heavy atom. The van der Waals surface area contributed by atoms with Crippen LogP contribution in [0.2, 0.25) is 0 Å². The minimum Gasteiger partial charge on any atom is -0.391 e. The van der Waals surface area contributed by atoms with E-state index in [1.165, 1.54) is 9.80 Å². The number of carbonyl (C=O) groups is 2. The van der Waals surface area contributed by atoms with Crippen LogP contribution in [0.25, 0.3) is 0 Å². The molecular weight excluding hydrogens is 496 g/mol. The summed E-state index contributed by atoms with van der Waals surface area (Å²) in [5, 5.41) is 23.0. The van der Waals surface area contributed by atoms with E-state index in [2.05, 4.69) is 36.0 Å². The maximum Gasteiger partial charge on any atom is 0.251 e. The molecule has 1 aromatic heterocycles. The zero-order valence-electron chi connectivity index (χ0n) is 22.9. The summed E-state index contributed by atoms with van der Waals surface area (Å²) < 4.78 is 5.41. The van der Waals surface area contributed by atoms with Crippen LogP contribution in [0.4, 0.5) is 5.69 Å². The number of aromatic nitrogens is 1. The highest BCUT2D eigenvalue weighted by Gasteiger charge is 2.42. The maximum atomic E-state index is 14.2. The van der Waals surface area contributed by atoms with E-state index in [9.17, 15) is 20.0 Å². The Labute approximate surface area is 230 Å². The minimum absolute atomic E-state index is 0.0764. The van der Waals surface area contributed by atoms with Crippen molar-refractivity contribution in [1.29, 1.82) is 5.26 Å². The number of pyridine rings is 1. The maximum absolute atomic E-state index is 14.2. The molecule has 2 aliphatic heterocycles. The van der Waals surface area contributed by atoms with Gasteiger partial charge in [-0.05, 0) is 29.2 Å². The van der Waals surface area contributed by atoms with E-state index in [-0.39, 0.29) is 24.3 Å². The number of morpholine rings is 1. The summed E-state index contributed by atoms with van der Waals surface area (Å²) >= 11 is 0. The van der Waals surface area contributed by atoms with Crippen molar-refractivity contribution >= 4 is 17.5 Å². The molecule has 2 amide bonds. The molecule has 2 saturated heterocycles. The number of β-amino-alcohol motifs (C(OH)–C–C–N with tert-alkyl or cyclic N) is 1. The van der Waals surface area contributed by atoms with Crippen molar-refractivity contribution in [2.45, 2.75) is 50.8 Å². The first-order valence-electron chi connectivity index (χ1n) is 13.4. The molecule has 2 aliphatic rings. The number of hydrogen-bond acceptors (Lipinski definition) is 8. The fourth-order valence-electron chi connectivity index (χ4n) is 5.06. The summed E-state index contributed by atoms with van der Waals surface area (Å²) in [5.41, 5.74) is 2.07. The molecule has 2 fully saturated rings. The van der Waals surface area contributed by atoms with Crippen molar-refractivity contribution in [3.05, 3.63) is 59.9 Å². The number of aliphatic hydroxyl groups excluding tert-OH is 1. The molecular formula is C29H38N6O4. The Hall–Kier alpha value is -3.52. The smallest absolute Gasteiger partial charge is 0.251 e. The summed E-state index contributed by atoms with van der Waals surface area (Å²) in [6.45, 7) is 10.4. The normalized spacial score (nSPS) is 20.7. The van der Waals surface area contributed by atoms with Gasteiger partial charge in [-0.25, -0.2) is 0 Å². The third kappa shape index (κ3) is 6.92. The molecule has 1 aromatic carbocycles. The first-order chi connectivity index (χ1) is 18.7. The second-order valence-corrected chi connectivity index (χ2v) is 11.1. The monoisotopic (exact) mass is 534 g/mol. The zero-order valence-corrected chi connectivity index (χ0v) is 22.9. The summed E-state index contributed by atoms with van der Waals surface area (Å²) in [7, 11) is 0. The highest BCUT2D eigenvalue weighted by molar-refractivity contribution is 6.04. The number of nitriles is 1. The highest BCUT2D eigenvalue weighted by Crippen LogP contribution is 2.33. The van der Waals surface area contributed by atoms with Gasteiger partial charge in [-0.1, -0.05) is 39.0 Å². The fourth-order valence-corrected chi connectivity index (χ4v) is 5.06. The van der Waals surface area contributed by atoms with Gasteiger partial charge >= 0.3 is 0 Å². The number of benzene rings is 1. The van der Waals surface area contributed by atoms with E-state index < -0.39 is 24.1 Å². The average molecular weight is 535 g/mol. The topological polar surface area (TPSA) is 122 Å². The van der Waals surface area contributed by atoms with Crippen LogP contribution in [0, 0.1) is 11.5 Å². The highest BCUT2D eigenvalue weighted by atomic mass is 16.5. The standard InChI is InChI=1S/C29H38N6O4/c1-29(2,3)22-6-8-23(9-7-22)35(28(38)25-17-24(36)19-34(25)20-30)26(21-5-4-10-31-18-21)27(37)32-11-12-33-13-15-39-16-14-33/h4-10,18,24-26,36H,11-17,19H2,1-3H3,(H,32,37). The van der Waals surface area contributed by atoms with E-state index in [1.54, 1.807) is 24.5 Å². The van der Waals surface area contributed by atoms with Gasteiger partial charge in [0.2, 0.25) is 5.91 Å². The first kappa shape index (κ1) is 28.5. The zero-order chi connectivity index (χ0) is 28.0. The number of aliphatic hydroxyl groups is 1. The summed E-state index contributed by atoms with van der Waals surface area (Å²) in [6, 6.07) is 9.19. The van der Waals surface area contributed by atoms with Crippen LogP contribution in [0.3, 0.4) is 0 Å². The van der Waals surface area contributed by atoms with E-state index in [0.717, 1.165) is 18.7 Å². The fraction of sp³-hybridized carbons (Fsp3) is 0.517. The van der Waals surface area contributed by atoms with E-state index in [1.807, 2.05) is 30.5 Å². The second kappa shape index (κ2) is 12.6. The lowest BCUT2D eigenvalue weighted by Crippen LogP contribution is -2.51. The van der Waals surface area contributed by atoms with Crippen LogP contribution in [-0.4, -0.2) is 89.8 Å². The summed E-state index contributed by atoms with van der Waals surface area (Å²) in [6.07, 6.45) is 4.55. The lowest BCUT2D eigenvalue weighted by Gasteiger charge is -2.35. The first-order valence-corrected chi connectivity index (χ1v) is 13.4. The Morgan fingerprint density at radius 1 is 1.23 bits per heavy atom. The van der Waals surface area contributed by atoms with E-state index >= 15 is 0 Å². The van der Waals surface area contributed by atoms with Gasteiger partial charge < -0.3 is 15.2 Å². The molecule has 3 atom stereocenters. The van der Waals surface area contributed by atoms with Gasteiger partial charge in [-0.2, -0.15) is 5.26 Å². The predicted octanol–water partition coefficient (Wildman–Crippen LogP) is 1.82. The average Bonchev–Trinajstić information content (AvgIpc) is 3.32. The summed E-state index contributed by atoms with van der Waals surface area (Å²) in [4.78, 5) is 37.2. The number of carbonyl (C=O) groups excluding carboxylic acids is 2. The molecule has 3 unspecified atom stereocenters. The molecule has 0 bridgehead atoms. The Kier molecular flexibility index (Phi) is 9.17. The largest absolute Gasteiger partial charge is 0.391 e. The third-order valence-electron chi connectivity index (χ3n) is 7.28. The van der Waals surface area contributed by atoms with Crippen LogP contribution >= 0.6 is 0 Å². The van der Waals surface area contributed by atoms with Crippen LogP contribution in [0.5, 0.6) is 0 Å². The molecule has 4 rings (SSSR count). The Morgan fingerprint density at radius 2 is 1.95 bits per heavy atom. The number of ether oxygens (including phenoxy) is 1. The van der Waals surface area contributed by atoms with Crippen molar-refractivity contribution in [2.24, 2.45) is 0 Å². The second-order valence-electron chi connectivity index (χ2n) is 11.1. The molecule has 10 heteroatoms. The van der Waals surface area contributed by atoms with Gasteiger partial charge in [-0.3, -0.25) is 29.3 Å². The molecule has 39 heavy (non-hydrogen) atoms. The SMILES string of the molecule is CC(C)(C)c1ccc(N(C(=O)C2CC(O)CN2C#N)C(C(=O)NCCN2CCOCC2)c2cccnc2)cc1. The molecule has 0 spiro atoms. The van der Waals surface area contributed by atoms with Gasteiger partial charge in [0.1, 0.15) is 12.1 Å². The van der Waals surface area contributed by atoms with Gasteiger partial charge in [0, 0.05) is 56.2 Å². The van der Waals surface area contributed by atoms with Crippen molar-refractivity contribution in [2.75, 3.05) is 50.8 Å². The molecule has 2 N–H and O–H groups in total. The van der Waals surface area contributed by atoms with Crippen molar-refractivity contribution in [3.63, 3.8) is 0 Å². The van der Waals surface area contributed by atoms with Crippen LogP contribution < -0.4 is 10.2 Å². The molecule has 0 radical (unpaired) electrons. The van der Waals surface area contributed by atoms with Crippen molar-refractivity contribution in [3.8, 4) is 6.19 Å². The van der Waals surface area contributed by atoms with E-state index in [0.29, 0.717) is 37.6 Å². The quantitative estimate of drug-likeness (QED) is 0.492. The third-order valence-corrected chi connectivity index (χ3v) is 7.28. The van der Waals surface area contributed by atoms with Gasteiger partial charge in [0.05, 0.1) is 25.9 Å². The number of hydrogen-bond donors (Lipinski definition) is 2. The lowest BCUT2D eigenvalue weighted by molar-refractivity contribution is -0.128. The molecule has 0 saturated carbocycles. The van der Waals surface area contributed by atoms with Crippen LogP contribution in [-0.2, 0) is 19.7 Å². The number of anilines is 1. The van der Waals surface area contributed by atoms with Gasteiger partial charge in [0.25, 0.3) is 5.91 Å². The predicted molar refractivity (Wildman–Crippen MR) is 147 cm³/mol.